The molecular weight excluding hydrogens is 204 g/mol. The zero-order valence-corrected chi connectivity index (χ0v) is 10.9. The third kappa shape index (κ3) is 5.25. The Morgan fingerprint density at radius 3 is 3.06 bits per heavy atom. The van der Waals surface area contributed by atoms with Crippen LogP contribution in [-0.4, -0.2) is 64.1 Å². The summed E-state index contributed by atoms with van der Waals surface area (Å²) in [5.41, 5.74) is 0. The molecule has 0 aromatic carbocycles. The molecule has 2 atom stereocenters. The van der Waals surface area contributed by atoms with Gasteiger partial charge in [0.25, 0.3) is 0 Å². The van der Waals surface area contributed by atoms with E-state index in [0.717, 1.165) is 45.9 Å². The quantitative estimate of drug-likeness (QED) is 0.694. The summed E-state index contributed by atoms with van der Waals surface area (Å²) in [7, 11) is 1.75. The maximum atomic E-state index is 5.72. The van der Waals surface area contributed by atoms with Crippen molar-refractivity contribution in [2.45, 2.75) is 20.0 Å². The number of nitrogens with one attached hydrogen (secondary N) is 1. The average molecular weight is 230 g/mol. The van der Waals surface area contributed by atoms with Gasteiger partial charge in [-0.2, -0.15) is 0 Å². The Hall–Kier alpha value is -0.160. The zero-order valence-electron chi connectivity index (χ0n) is 10.9. The van der Waals surface area contributed by atoms with Crippen LogP contribution in [0, 0.1) is 5.92 Å². The highest BCUT2D eigenvalue weighted by Gasteiger charge is 2.18. The molecule has 0 radical (unpaired) electrons. The fourth-order valence-corrected chi connectivity index (χ4v) is 2.03. The molecule has 0 amide bonds. The lowest BCUT2D eigenvalue weighted by atomic mass is 10.2. The number of rotatable bonds is 7. The summed E-state index contributed by atoms with van der Waals surface area (Å²) >= 11 is 0. The molecule has 0 spiro atoms. The summed E-state index contributed by atoms with van der Waals surface area (Å²) in [6, 6.07) is 0. The summed E-state index contributed by atoms with van der Waals surface area (Å²) < 4.78 is 10.8. The van der Waals surface area contributed by atoms with Gasteiger partial charge in [0, 0.05) is 33.4 Å². The van der Waals surface area contributed by atoms with Gasteiger partial charge in [-0.05, 0) is 19.0 Å². The first-order valence-electron chi connectivity index (χ1n) is 6.29. The maximum Gasteiger partial charge on any atom is 0.0826 e. The molecule has 1 saturated heterocycles. The van der Waals surface area contributed by atoms with Gasteiger partial charge in [-0.3, -0.25) is 4.90 Å². The molecule has 4 nitrogen and oxygen atoms in total. The summed E-state index contributed by atoms with van der Waals surface area (Å²) in [5, 5.41) is 3.45. The first kappa shape index (κ1) is 13.9. The Kier molecular flexibility index (Phi) is 6.96. The molecule has 1 heterocycles. The standard InChI is InChI=1S/C12H26N2O2/c1-4-14-5-6-16-12(9-14)8-13-7-11(2)10-15-3/h11-13H,4-10H2,1-3H3. The third-order valence-corrected chi connectivity index (χ3v) is 2.99. The molecule has 1 rings (SSSR count). The fraction of sp³-hybridized carbons (Fsp3) is 1.00. The van der Waals surface area contributed by atoms with E-state index in [4.69, 9.17) is 9.47 Å². The molecule has 16 heavy (non-hydrogen) atoms. The summed E-state index contributed by atoms with van der Waals surface area (Å²) in [5.74, 6) is 0.566. The minimum absolute atomic E-state index is 0.350. The highest BCUT2D eigenvalue weighted by molar-refractivity contribution is 4.72. The zero-order chi connectivity index (χ0) is 11.8. The van der Waals surface area contributed by atoms with Crippen LogP contribution in [0.15, 0.2) is 0 Å². The van der Waals surface area contributed by atoms with Crippen LogP contribution in [0.2, 0.25) is 0 Å². The van der Waals surface area contributed by atoms with Crippen molar-refractivity contribution in [3.05, 3.63) is 0 Å². The minimum Gasteiger partial charge on any atom is -0.384 e. The highest BCUT2D eigenvalue weighted by Crippen LogP contribution is 2.03. The van der Waals surface area contributed by atoms with Crippen LogP contribution in [0.4, 0.5) is 0 Å². The molecule has 0 aromatic heterocycles. The van der Waals surface area contributed by atoms with Crippen molar-refractivity contribution in [2.75, 3.05) is 53.0 Å². The number of hydrogen-bond donors (Lipinski definition) is 1. The molecule has 96 valence electrons. The molecule has 0 aliphatic carbocycles. The predicted molar refractivity (Wildman–Crippen MR) is 65.8 cm³/mol. The smallest absolute Gasteiger partial charge is 0.0826 e. The largest absolute Gasteiger partial charge is 0.384 e. The fourth-order valence-electron chi connectivity index (χ4n) is 2.03. The summed E-state index contributed by atoms with van der Waals surface area (Å²) in [4.78, 5) is 2.44. The van der Waals surface area contributed by atoms with E-state index < -0.39 is 0 Å². The van der Waals surface area contributed by atoms with Crippen molar-refractivity contribution < 1.29 is 9.47 Å². The Morgan fingerprint density at radius 1 is 1.56 bits per heavy atom. The Labute approximate surface area is 99.3 Å². The Balaban J connectivity index is 2.08. The number of methoxy groups -OCH3 is 1. The molecule has 1 N–H and O–H groups in total. The van der Waals surface area contributed by atoms with Crippen LogP contribution in [0.5, 0.6) is 0 Å². The van der Waals surface area contributed by atoms with E-state index in [-0.39, 0.29) is 0 Å². The number of likely N-dealkylation sites (N-methyl/N-ethyl adjacent to an activating group) is 1. The van der Waals surface area contributed by atoms with Gasteiger partial charge in [0.2, 0.25) is 0 Å². The second-order valence-electron chi connectivity index (χ2n) is 4.60. The number of morpholine rings is 1. The van der Waals surface area contributed by atoms with Crippen molar-refractivity contribution in [3.63, 3.8) is 0 Å². The molecule has 4 heteroatoms. The van der Waals surface area contributed by atoms with E-state index in [9.17, 15) is 0 Å². The van der Waals surface area contributed by atoms with Gasteiger partial charge in [-0.1, -0.05) is 13.8 Å². The van der Waals surface area contributed by atoms with Crippen molar-refractivity contribution in [3.8, 4) is 0 Å². The normalized spacial score (nSPS) is 24.6. The predicted octanol–water partition coefficient (Wildman–Crippen LogP) is 0.579. The van der Waals surface area contributed by atoms with Gasteiger partial charge < -0.3 is 14.8 Å². The molecule has 1 aliphatic heterocycles. The van der Waals surface area contributed by atoms with Crippen LogP contribution < -0.4 is 5.32 Å². The van der Waals surface area contributed by atoms with Crippen LogP contribution in [0.1, 0.15) is 13.8 Å². The Bertz CT molecular complexity index is 178. The molecule has 1 aliphatic rings. The van der Waals surface area contributed by atoms with Crippen LogP contribution >= 0.6 is 0 Å². The lowest BCUT2D eigenvalue weighted by Gasteiger charge is -2.32. The van der Waals surface area contributed by atoms with E-state index >= 15 is 0 Å². The van der Waals surface area contributed by atoms with Gasteiger partial charge >= 0.3 is 0 Å². The minimum atomic E-state index is 0.350. The Morgan fingerprint density at radius 2 is 2.38 bits per heavy atom. The molecular formula is C12H26N2O2. The monoisotopic (exact) mass is 230 g/mol. The van der Waals surface area contributed by atoms with E-state index in [1.807, 2.05) is 0 Å². The SMILES string of the molecule is CCN1CCOC(CNCC(C)COC)C1. The van der Waals surface area contributed by atoms with Crippen LogP contribution in [-0.2, 0) is 9.47 Å². The van der Waals surface area contributed by atoms with Crippen molar-refractivity contribution >= 4 is 0 Å². The van der Waals surface area contributed by atoms with E-state index in [1.54, 1.807) is 7.11 Å². The van der Waals surface area contributed by atoms with Crippen molar-refractivity contribution in [2.24, 2.45) is 5.92 Å². The van der Waals surface area contributed by atoms with Crippen molar-refractivity contribution in [1.29, 1.82) is 0 Å². The van der Waals surface area contributed by atoms with Gasteiger partial charge in [-0.15, -0.1) is 0 Å². The van der Waals surface area contributed by atoms with Gasteiger partial charge in [0.1, 0.15) is 0 Å². The van der Waals surface area contributed by atoms with E-state index in [2.05, 4.69) is 24.1 Å². The van der Waals surface area contributed by atoms with Gasteiger partial charge in [0.05, 0.1) is 12.7 Å². The first-order chi connectivity index (χ1) is 7.76. The second kappa shape index (κ2) is 8.01. The lowest BCUT2D eigenvalue weighted by molar-refractivity contribution is -0.0257. The van der Waals surface area contributed by atoms with Crippen LogP contribution in [0.25, 0.3) is 0 Å². The maximum absolute atomic E-state index is 5.72. The number of hydrogen-bond acceptors (Lipinski definition) is 4. The number of ether oxygens (including phenoxy) is 2. The highest BCUT2D eigenvalue weighted by atomic mass is 16.5. The molecule has 0 bridgehead atoms. The first-order valence-corrected chi connectivity index (χ1v) is 6.29. The second-order valence-corrected chi connectivity index (χ2v) is 4.60. The number of nitrogens with zero attached hydrogens (tertiary/aromatic N) is 1. The third-order valence-electron chi connectivity index (χ3n) is 2.99. The van der Waals surface area contributed by atoms with Gasteiger partial charge in [-0.25, -0.2) is 0 Å². The van der Waals surface area contributed by atoms with E-state index in [0.29, 0.717) is 12.0 Å². The lowest BCUT2D eigenvalue weighted by Crippen LogP contribution is -2.47. The molecule has 1 fully saturated rings. The topological polar surface area (TPSA) is 33.7 Å². The van der Waals surface area contributed by atoms with Crippen LogP contribution in [0.3, 0.4) is 0 Å². The summed E-state index contributed by atoms with van der Waals surface area (Å²) in [6.45, 7) is 11.3. The van der Waals surface area contributed by atoms with Crippen molar-refractivity contribution in [1.82, 2.24) is 10.2 Å². The molecule has 2 unspecified atom stereocenters. The molecule has 0 saturated carbocycles. The van der Waals surface area contributed by atoms with Gasteiger partial charge in [0.15, 0.2) is 0 Å². The molecule has 0 aromatic rings. The average Bonchev–Trinajstić information content (AvgIpc) is 2.30. The summed E-state index contributed by atoms with van der Waals surface area (Å²) in [6.07, 6.45) is 0.350. The van der Waals surface area contributed by atoms with E-state index in [1.165, 1.54) is 0 Å².